The summed E-state index contributed by atoms with van der Waals surface area (Å²) in [5, 5.41) is 13.0. The van der Waals surface area contributed by atoms with Crippen molar-refractivity contribution in [1.29, 1.82) is 0 Å². The van der Waals surface area contributed by atoms with Crippen LogP contribution in [0.4, 0.5) is 0 Å². The summed E-state index contributed by atoms with van der Waals surface area (Å²) < 4.78 is 0. The highest BCUT2D eigenvalue weighted by molar-refractivity contribution is 6.29. The number of aromatic hydroxyl groups is 1. The van der Waals surface area contributed by atoms with Gasteiger partial charge in [0.25, 0.3) is 5.91 Å². The molecule has 0 spiro atoms. The molecule has 31 heavy (non-hydrogen) atoms. The van der Waals surface area contributed by atoms with E-state index in [1.54, 1.807) is 30.6 Å². The average molecular weight is 436 g/mol. The van der Waals surface area contributed by atoms with Gasteiger partial charge in [0.15, 0.2) is 5.65 Å². The zero-order chi connectivity index (χ0) is 21.6. The van der Waals surface area contributed by atoms with Gasteiger partial charge in [0, 0.05) is 36.4 Å². The molecule has 4 rings (SSSR count). The lowest BCUT2D eigenvalue weighted by molar-refractivity contribution is 0.0950. The van der Waals surface area contributed by atoms with Crippen LogP contribution < -0.4 is 5.32 Å². The molecule has 3 aromatic heterocycles. The molecule has 0 radical (unpaired) electrons. The summed E-state index contributed by atoms with van der Waals surface area (Å²) in [7, 11) is 0. The third-order valence-corrected chi connectivity index (χ3v) is 5.20. The van der Waals surface area contributed by atoms with E-state index in [0.29, 0.717) is 17.3 Å². The molecule has 4 aromatic rings. The molecule has 3 heterocycles. The molecule has 8 heteroatoms. The smallest absolute Gasteiger partial charge is 0.255 e. The van der Waals surface area contributed by atoms with Crippen LogP contribution in [-0.4, -0.2) is 37.5 Å². The number of aromatic amines is 1. The highest BCUT2D eigenvalue weighted by Crippen LogP contribution is 2.28. The van der Waals surface area contributed by atoms with Crippen LogP contribution >= 0.6 is 11.6 Å². The maximum absolute atomic E-state index is 12.1. The second-order valence-electron chi connectivity index (χ2n) is 7.21. The Balaban J connectivity index is 1.29. The second-order valence-corrected chi connectivity index (χ2v) is 7.60. The summed E-state index contributed by atoms with van der Waals surface area (Å²) >= 11 is 6.26. The highest BCUT2D eigenvalue weighted by Gasteiger charge is 2.11. The van der Waals surface area contributed by atoms with Crippen molar-refractivity contribution >= 4 is 28.7 Å². The number of carbonyl (C=O) groups excluding carboxylic acids is 1. The number of carbonyl (C=O) groups is 1. The van der Waals surface area contributed by atoms with Crippen molar-refractivity contribution in [1.82, 2.24) is 25.3 Å². The Labute approximate surface area is 184 Å². The predicted molar refractivity (Wildman–Crippen MR) is 120 cm³/mol. The van der Waals surface area contributed by atoms with E-state index in [-0.39, 0.29) is 11.7 Å². The van der Waals surface area contributed by atoms with Crippen LogP contribution in [0.3, 0.4) is 0 Å². The van der Waals surface area contributed by atoms with E-state index >= 15 is 0 Å². The molecular weight excluding hydrogens is 414 g/mol. The van der Waals surface area contributed by atoms with Gasteiger partial charge in [-0.25, -0.2) is 9.97 Å². The molecule has 1 aromatic carbocycles. The van der Waals surface area contributed by atoms with E-state index in [9.17, 15) is 9.90 Å². The Morgan fingerprint density at radius 1 is 1.10 bits per heavy atom. The molecule has 0 bridgehead atoms. The molecule has 0 fully saturated rings. The Bertz CT molecular complexity index is 1210. The lowest BCUT2D eigenvalue weighted by Gasteiger charge is -2.07. The average Bonchev–Trinajstić information content (AvgIpc) is 3.20. The second kappa shape index (κ2) is 9.57. The van der Waals surface area contributed by atoms with Crippen LogP contribution in [0, 0.1) is 0 Å². The van der Waals surface area contributed by atoms with Gasteiger partial charge >= 0.3 is 0 Å². The lowest BCUT2D eigenvalue weighted by atomic mass is 10.1. The van der Waals surface area contributed by atoms with E-state index in [0.717, 1.165) is 53.7 Å². The topological polar surface area (TPSA) is 104 Å². The first kappa shape index (κ1) is 20.8. The van der Waals surface area contributed by atoms with E-state index in [2.05, 4.69) is 25.3 Å². The number of hydrogen-bond acceptors (Lipinski definition) is 5. The van der Waals surface area contributed by atoms with Crippen molar-refractivity contribution in [3.63, 3.8) is 0 Å². The fourth-order valence-corrected chi connectivity index (χ4v) is 3.70. The number of aromatic nitrogens is 4. The summed E-state index contributed by atoms with van der Waals surface area (Å²) in [6.45, 7) is 0.551. The third kappa shape index (κ3) is 5.00. The lowest BCUT2D eigenvalue weighted by Crippen LogP contribution is -2.24. The van der Waals surface area contributed by atoms with Crippen LogP contribution in [0.5, 0.6) is 5.75 Å². The van der Waals surface area contributed by atoms with Crippen LogP contribution in [0.15, 0.2) is 55.0 Å². The molecule has 0 saturated carbocycles. The minimum absolute atomic E-state index is 0.0102. The number of unbranched alkanes of at least 4 members (excludes halogenated alkanes) is 2. The number of halogens is 1. The molecule has 0 aliphatic carbocycles. The molecule has 0 atom stereocenters. The van der Waals surface area contributed by atoms with Crippen molar-refractivity contribution in [3.8, 4) is 16.9 Å². The number of nitrogens with zero attached hydrogens (tertiary/aromatic N) is 3. The zero-order valence-corrected chi connectivity index (χ0v) is 17.6. The number of benzene rings is 1. The Morgan fingerprint density at radius 3 is 2.81 bits per heavy atom. The van der Waals surface area contributed by atoms with Gasteiger partial charge < -0.3 is 15.4 Å². The number of rotatable bonds is 8. The number of para-hydroxylation sites is 1. The first-order chi connectivity index (χ1) is 15.1. The quantitative estimate of drug-likeness (QED) is 0.279. The van der Waals surface area contributed by atoms with Crippen molar-refractivity contribution in [2.24, 2.45) is 0 Å². The molecule has 0 unspecified atom stereocenters. The molecule has 0 aliphatic heterocycles. The highest BCUT2D eigenvalue weighted by atomic mass is 35.5. The summed E-state index contributed by atoms with van der Waals surface area (Å²) in [6.07, 6.45) is 8.68. The number of H-pyrrole nitrogens is 1. The first-order valence-electron chi connectivity index (χ1n) is 10.1. The number of amides is 1. The molecule has 1 amide bonds. The van der Waals surface area contributed by atoms with E-state index in [1.165, 1.54) is 6.07 Å². The largest absolute Gasteiger partial charge is 0.507 e. The molecular formula is C23H22ClN5O2. The SMILES string of the molecule is O=C(NCCCCCc1cc(-c2c[nH]c3nccnc23)cc(Cl)n1)c1ccccc1O. The molecule has 7 nitrogen and oxygen atoms in total. The number of pyridine rings is 1. The van der Waals surface area contributed by atoms with Crippen LogP contribution in [0.25, 0.3) is 22.3 Å². The van der Waals surface area contributed by atoms with Gasteiger partial charge in [-0.2, -0.15) is 0 Å². The summed E-state index contributed by atoms with van der Waals surface area (Å²) in [5.41, 5.74) is 4.64. The Hall–Kier alpha value is -3.45. The van der Waals surface area contributed by atoms with Crippen molar-refractivity contribution in [3.05, 3.63) is 71.4 Å². The van der Waals surface area contributed by atoms with Crippen molar-refractivity contribution < 1.29 is 9.90 Å². The van der Waals surface area contributed by atoms with E-state index in [4.69, 9.17) is 11.6 Å². The van der Waals surface area contributed by atoms with Gasteiger partial charge in [0.1, 0.15) is 16.4 Å². The van der Waals surface area contributed by atoms with Crippen LogP contribution in [0.1, 0.15) is 35.3 Å². The fraction of sp³-hybridized carbons (Fsp3) is 0.217. The van der Waals surface area contributed by atoms with Crippen LogP contribution in [-0.2, 0) is 6.42 Å². The monoisotopic (exact) mass is 435 g/mol. The van der Waals surface area contributed by atoms with Crippen molar-refractivity contribution in [2.45, 2.75) is 25.7 Å². The van der Waals surface area contributed by atoms with Gasteiger partial charge in [-0.1, -0.05) is 30.2 Å². The van der Waals surface area contributed by atoms with Gasteiger partial charge in [0.05, 0.1) is 5.56 Å². The minimum atomic E-state index is -0.263. The number of phenolic OH excluding ortho intramolecular Hbond substituents is 1. The Kier molecular flexibility index (Phi) is 6.43. The zero-order valence-electron chi connectivity index (χ0n) is 16.8. The van der Waals surface area contributed by atoms with E-state index < -0.39 is 0 Å². The predicted octanol–water partition coefficient (Wildman–Crippen LogP) is 4.52. The molecule has 158 valence electrons. The normalized spacial score (nSPS) is 11.0. The molecule has 0 aliphatic rings. The number of phenols is 1. The minimum Gasteiger partial charge on any atom is -0.507 e. The molecule has 0 saturated heterocycles. The van der Waals surface area contributed by atoms with Gasteiger partial charge in [-0.15, -0.1) is 0 Å². The van der Waals surface area contributed by atoms with Crippen molar-refractivity contribution in [2.75, 3.05) is 6.54 Å². The molecule has 3 N–H and O–H groups in total. The van der Waals surface area contributed by atoms with Crippen LogP contribution in [0.2, 0.25) is 5.15 Å². The summed E-state index contributed by atoms with van der Waals surface area (Å²) in [6, 6.07) is 10.4. The van der Waals surface area contributed by atoms with E-state index in [1.807, 2.05) is 18.3 Å². The Morgan fingerprint density at radius 2 is 1.94 bits per heavy atom. The van der Waals surface area contributed by atoms with Gasteiger partial charge in [-0.05, 0) is 49.1 Å². The standard InChI is InChI=1S/C23H22ClN5O2/c24-20-13-15(18-14-28-22-21(18)25-10-11-26-22)12-16(29-20)6-2-1-5-9-27-23(31)17-7-3-4-8-19(17)30/h3-4,7-8,10-14,30H,1-2,5-6,9H2,(H,26,28)(H,27,31). The third-order valence-electron chi connectivity index (χ3n) is 5.01. The number of fused-ring (bicyclic) bond motifs is 1. The summed E-state index contributed by atoms with van der Waals surface area (Å²) in [4.78, 5) is 28.3. The number of hydrogen-bond donors (Lipinski definition) is 3. The maximum atomic E-state index is 12.1. The fourth-order valence-electron chi connectivity index (χ4n) is 3.48. The van der Waals surface area contributed by atoms with Gasteiger partial charge in [0.2, 0.25) is 0 Å². The number of aryl methyl sites for hydroxylation is 1. The van der Waals surface area contributed by atoms with Gasteiger partial charge in [-0.3, -0.25) is 9.78 Å². The first-order valence-corrected chi connectivity index (χ1v) is 10.5. The summed E-state index contributed by atoms with van der Waals surface area (Å²) in [5.74, 6) is -0.273. The number of nitrogens with one attached hydrogen (secondary N) is 2. The maximum Gasteiger partial charge on any atom is 0.255 e.